The number of ether oxygens (including phenoxy) is 1. The van der Waals surface area contributed by atoms with Crippen LogP contribution in [0.5, 0.6) is 5.75 Å². The van der Waals surface area contributed by atoms with Crippen LogP contribution in [0.3, 0.4) is 0 Å². The summed E-state index contributed by atoms with van der Waals surface area (Å²) >= 11 is 0. The number of anilines is 1. The Morgan fingerprint density at radius 1 is 1.43 bits per heavy atom. The molecule has 0 saturated carbocycles. The van der Waals surface area contributed by atoms with Crippen molar-refractivity contribution in [2.24, 2.45) is 5.84 Å². The molecule has 3 N–H and O–H groups in total. The fraction of sp³-hybridized carbons (Fsp3) is 0.300. The first kappa shape index (κ1) is 10.5. The van der Waals surface area contributed by atoms with E-state index in [1.165, 1.54) is 0 Å². The van der Waals surface area contributed by atoms with Crippen molar-refractivity contribution in [1.29, 1.82) is 0 Å². The number of hydrogen-bond donors (Lipinski definition) is 2. The van der Waals surface area contributed by atoms with E-state index in [1.54, 1.807) is 19.1 Å². The molecule has 0 amide bonds. The van der Waals surface area contributed by atoms with Gasteiger partial charge in [-0.15, -0.1) is 0 Å². The van der Waals surface area contributed by atoms with Crippen molar-refractivity contribution in [2.75, 3.05) is 12.0 Å². The normalized spacial score (nSPS) is 9.57. The predicted octanol–water partition coefficient (Wildman–Crippen LogP) is 1.33. The van der Waals surface area contributed by atoms with E-state index in [0.29, 0.717) is 13.0 Å². The Morgan fingerprint density at radius 2 is 2.07 bits per heavy atom. The van der Waals surface area contributed by atoms with E-state index in [2.05, 4.69) is 5.43 Å². The Kier molecular flexibility index (Phi) is 3.94. The van der Waals surface area contributed by atoms with E-state index >= 15 is 0 Å². The molecule has 0 heterocycles. The minimum Gasteiger partial charge on any atom is -0.493 e. The van der Waals surface area contributed by atoms with Crippen LogP contribution >= 0.6 is 0 Å². The van der Waals surface area contributed by atoms with Crippen LogP contribution in [0.25, 0.3) is 0 Å². The summed E-state index contributed by atoms with van der Waals surface area (Å²) in [4.78, 5) is 10.6. The summed E-state index contributed by atoms with van der Waals surface area (Å²) in [6.45, 7) is 1.97. The highest BCUT2D eigenvalue weighted by Crippen LogP contribution is 2.14. The van der Waals surface area contributed by atoms with Gasteiger partial charge in [-0.2, -0.15) is 0 Å². The third kappa shape index (κ3) is 3.45. The van der Waals surface area contributed by atoms with Crippen LogP contribution in [0.2, 0.25) is 0 Å². The molecule has 0 bridgehead atoms. The van der Waals surface area contributed by atoms with Crippen LogP contribution in [-0.4, -0.2) is 12.4 Å². The Morgan fingerprint density at radius 3 is 2.57 bits per heavy atom. The first-order valence-corrected chi connectivity index (χ1v) is 4.41. The number of nitrogen functional groups attached to an aromatic ring is 1. The van der Waals surface area contributed by atoms with E-state index in [4.69, 9.17) is 10.6 Å². The zero-order chi connectivity index (χ0) is 10.4. The molecule has 0 aliphatic carbocycles. The van der Waals surface area contributed by atoms with Gasteiger partial charge < -0.3 is 10.2 Å². The predicted molar refractivity (Wildman–Crippen MR) is 55.0 cm³/mol. The van der Waals surface area contributed by atoms with Crippen LogP contribution in [0.15, 0.2) is 24.3 Å². The minimum atomic E-state index is 0.130. The molecule has 1 aromatic rings. The van der Waals surface area contributed by atoms with E-state index in [0.717, 1.165) is 11.4 Å². The van der Waals surface area contributed by atoms with Crippen LogP contribution in [0, 0.1) is 0 Å². The highest BCUT2D eigenvalue weighted by molar-refractivity contribution is 5.75. The van der Waals surface area contributed by atoms with Crippen molar-refractivity contribution in [3.8, 4) is 5.75 Å². The molecule has 0 spiro atoms. The van der Waals surface area contributed by atoms with E-state index in [-0.39, 0.29) is 5.78 Å². The van der Waals surface area contributed by atoms with Crippen molar-refractivity contribution in [3.05, 3.63) is 24.3 Å². The molecule has 0 aliphatic heterocycles. The summed E-state index contributed by atoms with van der Waals surface area (Å²) in [5, 5.41) is 0. The third-order valence-electron chi connectivity index (χ3n) is 1.74. The molecule has 0 fully saturated rings. The zero-order valence-corrected chi connectivity index (χ0v) is 8.12. The molecule has 0 saturated heterocycles. The molecule has 14 heavy (non-hydrogen) atoms. The van der Waals surface area contributed by atoms with Gasteiger partial charge in [-0.25, -0.2) is 0 Å². The number of Topliss-reactive ketones (excluding diaryl/α,β-unsaturated/α-hetero) is 1. The summed E-state index contributed by atoms with van der Waals surface area (Å²) in [6.07, 6.45) is 0.441. The molecule has 0 unspecified atom stereocenters. The lowest BCUT2D eigenvalue weighted by Crippen LogP contribution is -2.06. The van der Waals surface area contributed by atoms with Gasteiger partial charge in [0.05, 0.1) is 6.61 Å². The molecule has 4 heteroatoms. The lowest BCUT2D eigenvalue weighted by molar-refractivity contribution is -0.117. The maximum Gasteiger partial charge on any atom is 0.133 e. The highest BCUT2D eigenvalue weighted by Gasteiger charge is 1.96. The molecule has 0 aliphatic rings. The number of nitrogens with one attached hydrogen (secondary N) is 1. The average molecular weight is 194 g/mol. The van der Waals surface area contributed by atoms with Gasteiger partial charge in [0.15, 0.2) is 0 Å². The quantitative estimate of drug-likeness (QED) is 0.548. The summed E-state index contributed by atoms with van der Waals surface area (Å²) in [5.41, 5.74) is 3.34. The minimum absolute atomic E-state index is 0.130. The van der Waals surface area contributed by atoms with Crippen LogP contribution in [0.4, 0.5) is 5.69 Å². The molecule has 4 nitrogen and oxygen atoms in total. The average Bonchev–Trinajstić information content (AvgIpc) is 2.18. The number of rotatable bonds is 5. The molecular formula is C10H14N2O2. The van der Waals surface area contributed by atoms with Crippen molar-refractivity contribution < 1.29 is 9.53 Å². The maximum absolute atomic E-state index is 10.6. The largest absolute Gasteiger partial charge is 0.493 e. The second-order valence-corrected chi connectivity index (χ2v) is 2.97. The topological polar surface area (TPSA) is 64.3 Å². The van der Waals surface area contributed by atoms with Gasteiger partial charge in [-0.1, -0.05) is 0 Å². The first-order valence-electron chi connectivity index (χ1n) is 4.41. The SMILES string of the molecule is CC(=O)CCOc1ccc(NN)cc1. The van der Waals surface area contributed by atoms with Gasteiger partial charge in [0, 0.05) is 12.1 Å². The van der Waals surface area contributed by atoms with Gasteiger partial charge in [-0.05, 0) is 31.2 Å². The fourth-order valence-corrected chi connectivity index (χ4v) is 0.960. The molecule has 1 aromatic carbocycles. The second kappa shape index (κ2) is 5.24. The van der Waals surface area contributed by atoms with Gasteiger partial charge in [0.2, 0.25) is 0 Å². The fourth-order valence-electron chi connectivity index (χ4n) is 0.960. The van der Waals surface area contributed by atoms with Crippen molar-refractivity contribution >= 4 is 11.5 Å². The standard InChI is InChI=1S/C10H14N2O2/c1-8(13)6-7-14-10-4-2-9(12-11)3-5-10/h2-5,12H,6-7,11H2,1H3. The molecule has 0 atom stereocenters. The van der Waals surface area contributed by atoms with E-state index in [1.807, 2.05) is 12.1 Å². The molecule has 1 rings (SSSR count). The molecule has 0 aromatic heterocycles. The lowest BCUT2D eigenvalue weighted by atomic mass is 10.3. The first-order chi connectivity index (χ1) is 6.72. The van der Waals surface area contributed by atoms with Gasteiger partial charge >= 0.3 is 0 Å². The molecule has 0 radical (unpaired) electrons. The second-order valence-electron chi connectivity index (χ2n) is 2.97. The third-order valence-corrected chi connectivity index (χ3v) is 1.74. The number of carbonyl (C=O) groups excluding carboxylic acids is 1. The van der Waals surface area contributed by atoms with Crippen LogP contribution in [0.1, 0.15) is 13.3 Å². The Hall–Kier alpha value is -1.55. The maximum atomic E-state index is 10.6. The van der Waals surface area contributed by atoms with E-state index < -0.39 is 0 Å². The van der Waals surface area contributed by atoms with E-state index in [9.17, 15) is 4.79 Å². The Labute approximate surface area is 83.0 Å². The van der Waals surface area contributed by atoms with Crippen molar-refractivity contribution in [1.82, 2.24) is 0 Å². The monoisotopic (exact) mass is 194 g/mol. The smallest absolute Gasteiger partial charge is 0.133 e. The summed E-state index contributed by atoms with van der Waals surface area (Å²) < 4.78 is 5.33. The number of ketones is 1. The number of hydrogen-bond acceptors (Lipinski definition) is 4. The molecule has 76 valence electrons. The van der Waals surface area contributed by atoms with Crippen molar-refractivity contribution in [3.63, 3.8) is 0 Å². The van der Waals surface area contributed by atoms with Gasteiger partial charge in [0.1, 0.15) is 11.5 Å². The summed E-state index contributed by atoms with van der Waals surface area (Å²) in [6, 6.07) is 7.22. The number of nitrogens with two attached hydrogens (primary N) is 1. The van der Waals surface area contributed by atoms with Gasteiger partial charge in [-0.3, -0.25) is 10.6 Å². The Balaban J connectivity index is 2.40. The van der Waals surface area contributed by atoms with Crippen molar-refractivity contribution in [2.45, 2.75) is 13.3 Å². The number of hydrazine groups is 1. The van der Waals surface area contributed by atoms with Crippen LogP contribution in [-0.2, 0) is 4.79 Å². The summed E-state index contributed by atoms with van der Waals surface area (Å²) in [7, 11) is 0. The Bertz CT molecular complexity index is 295. The zero-order valence-electron chi connectivity index (χ0n) is 8.12. The number of carbonyl (C=O) groups is 1. The summed E-state index contributed by atoms with van der Waals surface area (Å²) in [5.74, 6) is 6.08. The molecular weight excluding hydrogens is 180 g/mol. The lowest BCUT2D eigenvalue weighted by Gasteiger charge is -2.05. The van der Waals surface area contributed by atoms with Gasteiger partial charge in [0.25, 0.3) is 0 Å². The highest BCUT2D eigenvalue weighted by atomic mass is 16.5. The van der Waals surface area contributed by atoms with Crippen LogP contribution < -0.4 is 16.0 Å². The number of benzene rings is 1.